The minimum absolute atomic E-state index is 0. The van der Waals surface area contributed by atoms with Crippen molar-refractivity contribution >= 4 is 18.3 Å². The molecule has 3 atom stereocenters. The molecule has 0 aromatic rings. The lowest BCUT2D eigenvalue weighted by atomic mass is 9.85. The number of hydrogen-bond acceptors (Lipinski definition) is 2. The molecule has 0 aromatic heterocycles. The Hall–Kier alpha value is -0.280. The highest BCUT2D eigenvalue weighted by molar-refractivity contribution is 5.85. The molecule has 110 valence electrons. The summed E-state index contributed by atoms with van der Waals surface area (Å²) in [5.74, 6) is 2.27. The monoisotopic (exact) mass is 286 g/mol. The van der Waals surface area contributed by atoms with Gasteiger partial charge in [0.1, 0.15) is 0 Å². The number of rotatable bonds is 4. The number of carbonyl (C=O) groups excluding carboxylic acids is 1. The molecule has 3 unspecified atom stereocenters. The van der Waals surface area contributed by atoms with Crippen LogP contribution >= 0.6 is 12.4 Å². The van der Waals surface area contributed by atoms with Crippen LogP contribution in [0.5, 0.6) is 0 Å². The highest BCUT2D eigenvalue weighted by atomic mass is 35.5. The van der Waals surface area contributed by atoms with Crippen molar-refractivity contribution in [2.75, 3.05) is 13.1 Å². The van der Waals surface area contributed by atoms with E-state index < -0.39 is 0 Å². The van der Waals surface area contributed by atoms with Crippen molar-refractivity contribution in [2.24, 2.45) is 17.8 Å². The molecule has 1 saturated heterocycles. The number of nitrogens with one attached hydrogen (secondary N) is 2. The molecular weight excluding hydrogens is 260 g/mol. The molecule has 19 heavy (non-hydrogen) atoms. The molecular formula is C15H27ClN2O. The van der Waals surface area contributed by atoms with Crippen LogP contribution in [0, 0.1) is 17.8 Å². The van der Waals surface area contributed by atoms with E-state index in [9.17, 15) is 4.79 Å². The molecule has 3 nitrogen and oxygen atoms in total. The van der Waals surface area contributed by atoms with Gasteiger partial charge in [0.25, 0.3) is 0 Å². The fourth-order valence-corrected chi connectivity index (χ4v) is 3.89. The molecule has 1 aliphatic heterocycles. The van der Waals surface area contributed by atoms with Gasteiger partial charge in [0.05, 0.1) is 0 Å². The van der Waals surface area contributed by atoms with E-state index in [1.54, 1.807) is 0 Å². The first-order valence-corrected chi connectivity index (χ1v) is 7.85. The molecule has 3 rings (SSSR count). The minimum Gasteiger partial charge on any atom is -0.354 e. The van der Waals surface area contributed by atoms with Gasteiger partial charge in [-0.05, 0) is 37.6 Å². The molecule has 0 radical (unpaired) electrons. The SMILES string of the molecule is Cl.O=C(NCC1CCCN1)C1CC1C1CCCCC1. The summed E-state index contributed by atoms with van der Waals surface area (Å²) in [4.78, 5) is 12.1. The lowest BCUT2D eigenvalue weighted by Gasteiger charge is -2.21. The summed E-state index contributed by atoms with van der Waals surface area (Å²) in [6.45, 7) is 1.96. The van der Waals surface area contributed by atoms with E-state index in [-0.39, 0.29) is 12.4 Å². The fraction of sp³-hybridized carbons (Fsp3) is 0.933. The van der Waals surface area contributed by atoms with Crippen LogP contribution in [-0.4, -0.2) is 25.0 Å². The summed E-state index contributed by atoms with van der Waals surface area (Å²) in [6.07, 6.45) is 10.6. The normalized spacial score (nSPS) is 34.6. The zero-order chi connectivity index (χ0) is 12.4. The molecule has 0 spiro atoms. The molecule has 4 heteroatoms. The zero-order valence-corrected chi connectivity index (χ0v) is 12.5. The molecule has 1 heterocycles. The van der Waals surface area contributed by atoms with Crippen molar-refractivity contribution in [3.8, 4) is 0 Å². The summed E-state index contributed by atoms with van der Waals surface area (Å²) >= 11 is 0. The summed E-state index contributed by atoms with van der Waals surface area (Å²) in [6, 6.07) is 0.529. The predicted octanol–water partition coefficient (Wildman–Crippen LogP) is 2.49. The highest BCUT2D eigenvalue weighted by Crippen LogP contribution is 2.49. The second-order valence-corrected chi connectivity index (χ2v) is 6.44. The number of carbonyl (C=O) groups is 1. The van der Waals surface area contributed by atoms with Crippen molar-refractivity contribution in [1.82, 2.24) is 10.6 Å². The molecule has 3 fully saturated rings. The maximum Gasteiger partial charge on any atom is 0.223 e. The second kappa shape index (κ2) is 6.94. The van der Waals surface area contributed by atoms with E-state index >= 15 is 0 Å². The van der Waals surface area contributed by atoms with Gasteiger partial charge in [-0.2, -0.15) is 0 Å². The molecule has 0 aromatic carbocycles. The Morgan fingerprint density at radius 1 is 1.11 bits per heavy atom. The lowest BCUT2D eigenvalue weighted by molar-refractivity contribution is -0.122. The van der Waals surface area contributed by atoms with Crippen LogP contribution in [0.15, 0.2) is 0 Å². The van der Waals surface area contributed by atoms with Crippen LogP contribution in [0.25, 0.3) is 0 Å². The van der Waals surface area contributed by atoms with Gasteiger partial charge in [0, 0.05) is 18.5 Å². The van der Waals surface area contributed by atoms with Gasteiger partial charge in [-0.15, -0.1) is 12.4 Å². The summed E-state index contributed by atoms with van der Waals surface area (Å²) in [5.41, 5.74) is 0. The van der Waals surface area contributed by atoms with Crippen LogP contribution in [0.4, 0.5) is 0 Å². The maximum atomic E-state index is 12.1. The quantitative estimate of drug-likeness (QED) is 0.834. The number of halogens is 1. The average molecular weight is 287 g/mol. The fourth-order valence-electron chi connectivity index (χ4n) is 3.89. The van der Waals surface area contributed by atoms with Crippen molar-refractivity contribution in [3.05, 3.63) is 0 Å². The Balaban J connectivity index is 0.00000133. The number of amides is 1. The minimum atomic E-state index is 0. The Labute approximate surface area is 122 Å². The Bertz CT molecular complexity index is 299. The topological polar surface area (TPSA) is 41.1 Å². The molecule has 2 aliphatic carbocycles. The summed E-state index contributed by atoms with van der Waals surface area (Å²) in [5, 5.41) is 6.59. The van der Waals surface area contributed by atoms with Crippen molar-refractivity contribution in [1.29, 1.82) is 0 Å². The lowest BCUT2D eigenvalue weighted by Crippen LogP contribution is -2.38. The van der Waals surface area contributed by atoms with Gasteiger partial charge in [-0.3, -0.25) is 4.79 Å². The Morgan fingerprint density at radius 2 is 1.89 bits per heavy atom. The number of hydrogen-bond donors (Lipinski definition) is 2. The van der Waals surface area contributed by atoms with E-state index in [0.29, 0.717) is 17.9 Å². The average Bonchev–Trinajstić information content (AvgIpc) is 3.05. The van der Waals surface area contributed by atoms with Gasteiger partial charge in [0.15, 0.2) is 0 Å². The smallest absolute Gasteiger partial charge is 0.223 e. The molecule has 1 amide bonds. The van der Waals surface area contributed by atoms with Gasteiger partial charge < -0.3 is 10.6 Å². The first kappa shape index (κ1) is 15.1. The first-order valence-electron chi connectivity index (χ1n) is 7.85. The van der Waals surface area contributed by atoms with Crippen LogP contribution < -0.4 is 10.6 Å². The highest BCUT2D eigenvalue weighted by Gasteiger charge is 2.47. The van der Waals surface area contributed by atoms with Gasteiger partial charge in [0.2, 0.25) is 5.91 Å². The first-order chi connectivity index (χ1) is 8.84. The van der Waals surface area contributed by atoms with Crippen LogP contribution in [0.3, 0.4) is 0 Å². The van der Waals surface area contributed by atoms with E-state index in [1.165, 1.54) is 44.9 Å². The molecule has 3 aliphatic rings. The van der Waals surface area contributed by atoms with Gasteiger partial charge >= 0.3 is 0 Å². The zero-order valence-electron chi connectivity index (χ0n) is 11.7. The molecule has 0 bridgehead atoms. The van der Waals surface area contributed by atoms with Crippen LogP contribution in [-0.2, 0) is 4.79 Å². The van der Waals surface area contributed by atoms with Crippen molar-refractivity contribution in [2.45, 2.75) is 57.4 Å². The Morgan fingerprint density at radius 3 is 2.58 bits per heavy atom. The molecule has 2 saturated carbocycles. The standard InChI is InChI=1S/C15H26N2O.ClH/c18-15(17-10-12-7-4-8-16-12)14-9-13(14)11-5-2-1-3-6-11;/h11-14,16H,1-10H2,(H,17,18);1H. The van der Waals surface area contributed by atoms with E-state index in [0.717, 1.165) is 31.3 Å². The summed E-state index contributed by atoms with van der Waals surface area (Å²) < 4.78 is 0. The largest absolute Gasteiger partial charge is 0.354 e. The molecule has 2 N–H and O–H groups in total. The van der Waals surface area contributed by atoms with E-state index in [2.05, 4.69) is 10.6 Å². The third-order valence-electron chi connectivity index (χ3n) is 5.12. The third kappa shape index (κ3) is 3.85. The summed E-state index contributed by atoms with van der Waals surface area (Å²) in [7, 11) is 0. The predicted molar refractivity (Wildman–Crippen MR) is 79.5 cm³/mol. The van der Waals surface area contributed by atoms with Crippen LogP contribution in [0.2, 0.25) is 0 Å². The van der Waals surface area contributed by atoms with E-state index in [4.69, 9.17) is 0 Å². The maximum absolute atomic E-state index is 12.1. The van der Waals surface area contributed by atoms with Crippen molar-refractivity contribution < 1.29 is 4.79 Å². The van der Waals surface area contributed by atoms with E-state index in [1.807, 2.05) is 0 Å². The second-order valence-electron chi connectivity index (χ2n) is 6.44. The van der Waals surface area contributed by atoms with Gasteiger partial charge in [-0.1, -0.05) is 32.1 Å². The van der Waals surface area contributed by atoms with Crippen LogP contribution in [0.1, 0.15) is 51.4 Å². The Kier molecular flexibility index (Phi) is 5.52. The van der Waals surface area contributed by atoms with Gasteiger partial charge in [-0.25, -0.2) is 0 Å². The third-order valence-corrected chi connectivity index (χ3v) is 5.12. The van der Waals surface area contributed by atoms with Crippen molar-refractivity contribution in [3.63, 3.8) is 0 Å².